The number of carbonyl (C=O) groups is 1. The fraction of sp³-hybridized carbons (Fsp3) is 0.188. The second-order valence-electron chi connectivity index (χ2n) is 5.13. The van der Waals surface area contributed by atoms with Gasteiger partial charge in [-0.05, 0) is 61.4 Å². The molecule has 7 nitrogen and oxygen atoms in total. The molecule has 2 rings (SSSR count). The molecule has 1 amide bonds. The maximum atomic E-state index is 12.5. The quantitative estimate of drug-likeness (QED) is 0.735. The molecule has 128 valence electrons. The highest BCUT2D eigenvalue weighted by atomic mass is 32.2. The molecule has 8 heteroatoms. The van der Waals surface area contributed by atoms with Gasteiger partial charge in [0.25, 0.3) is 10.0 Å². The number of sulfonamides is 1. The summed E-state index contributed by atoms with van der Waals surface area (Å²) >= 11 is 0. The molecule has 0 spiro atoms. The summed E-state index contributed by atoms with van der Waals surface area (Å²) in [7, 11) is -2.56. The Hall–Kier alpha value is -2.74. The van der Waals surface area contributed by atoms with E-state index in [0.717, 1.165) is 0 Å². The average Bonchev–Trinajstić information content (AvgIpc) is 2.56. The van der Waals surface area contributed by atoms with Gasteiger partial charge in [0.1, 0.15) is 5.75 Å². The van der Waals surface area contributed by atoms with Crippen LogP contribution < -0.4 is 10.0 Å². The average molecular weight is 350 g/mol. The number of anilines is 2. The molecule has 3 N–H and O–H groups in total. The van der Waals surface area contributed by atoms with E-state index in [2.05, 4.69) is 14.8 Å². The third-order valence-electron chi connectivity index (χ3n) is 3.60. The Labute approximate surface area is 140 Å². The predicted molar refractivity (Wildman–Crippen MR) is 90.9 cm³/mol. The maximum Gasteiger partial charge on any atom is 0.411 e. The highest BCUT2D eigenvalue weighted by Crippen LogP contribution is 2.28. The van der Waals surface area contributed by atoms with Gasteiger partial charge in [-0.3, -0.25) is 10.0 Å². The van der Waals surface area contributed by atoms with E-state index in [0.29, 0.717) is 22.5 Å². The first-order valence-corrected chi connectivity index (χ1v) is 8.50. The molecule has 0 fully saturated rings. The number of hydrogen-bond acceptors (Lipinski definition) is 5. The third kappa shape index (κ3) is 3.77. The number of ether oxygens (including phenoxy) is 1. The smallest absolute Gasteiger partial charge is 0.411 e. The summed E-state index contributed by atoms with van der Waals surface area (Å²) in [6.45, 7) is 3.42. The van der Waals surface area contributed by atoms with Crippen LogP contribution in [0.25, 0.3) is 0 Å². The Morgan fingerprint density at radius 1 is 1.04 bits per heavy atom. The van der Waals surface area contributed by atoms with Crippen molar-refractivity contribution in [2.45, 2.75) is 18.7 Å². The van der Waals surface area contributed by atoms with Crippen LogP contribution in [0.5, 0.6) is 5.75 Å². The van der Waals surface area contributed by atoms with Crippen molar-refractivity contribution in [3.05, 3.63) is 47.5 Å². The number of phenols is 1. The molecule has 0 radical (unpaired) electrons. The van der Waals surface area contributed by atoms with Crippen molar-refractivity contribution in [1.82, 2.24) is 0 Å². The third-order valence-corrected chi connectivity index (χ3v) is 4.98. The first-order chi connectivity index (χ1) is 11.2. The van der Waals surface area contributed by atoms with Crippen molar-refractivity contribution in [2.75, 3.05) is 17.1 Å². The molecule has 0 aliphatic carbocycles. The van der Waals surface area contributed by atoms with Crippen LogP contribution in [0.15, 0.2) is 41.3 Å². The van der Waals surface area contributed by atoms with Gasteiger partial charge in [0.05, 0.1) is 17.7 Å². The second kappa shape index (κ2) is 6.79. The number of nitrogens with one attached hydrogen (secondary N) is 2. The number of methoxy groups -OCH3 is 1. The van der Waals surface area contributed by atoms with Gasteiger partial charge < -0.3 is 9.84 Å². The molecule has 0 saturated heterocycles. The summed E-state index contributed by atoms with van der Waals surface area (Å²) in [6, 6.07) is 8.60. The molecule has 0 bridgehead atoms. The molecule has 24 heavy (non-hydrogen) atoms. The number of amides is 1. The molecule has 0 saturated carbocycles. The van der Waals surface area contributed by atoms with Gasteiger partial charge in [-0.25, -0.2) is 13.2 Å². The van der Waals surface area contributed by atoms with E-state index in [1.165, 1.54) is 43.5 Å². The minimum atomic E-state index is -3.79. The Kier molecular flexibility index (Phi) is 4.99. The van der Waals surface area contributed by atoms with Gasteiger partial charge in [0.15, 0.2) is 0 Å². The first-order valence-electron chi connectivity index (χ1n) is 7.01. The maximum absolute atomic E-state index is 12.5. The summed E-state index contributed by atoms with van der Waals surface area (Å²) in [5.74, 6) is 0.105. The van der Waals surface area contributed by atoms with Crippen molar-refractivity contribution in [1.29, 1.82) is 0 Å². The van der Waals surface area contributed by atoms with Crippen LogP contribution in [0.3, 0.4) is 0 Å². The van der Waals surface area contributed by atoms with Crippen molar-refractivity contribution in [3.8, 4) is 5.75 Å². The van der Waals surface area contributed by atoms with E-state index in [1.54, 1.807) is 13.8 Å². The minimum Gasteiger partial charge on any atom is -0.508 e. The molecule has 0 aliphatic rings. The van der Waals surface area contributed by atoms with Gasteiger partial charge in [-0.1, -0.05) is 0 Å². The van der Waals surface area contributed by atoms with E-state index in [1.807, 2.05) is 0 Å². The molecule has 2 aromatic carbocycles. The number of aromatic hydroxyl groups is 1. The monoisotopic (exact) mass is 350 g/mol. The molecule has 0 aromatic heterocycles. The lowest BCUT2D eigenvalue weighted by Gasteiger charge is -2.13. The highest BCUT2D eigenvalue weighted by molar-refractivity contribution is 7.92. The lowest BCUT2D eigenvalue weighted by Crippen LogP contribution is -2.14. The number of hydrogen-bond donors (Lipinski definition) is 3. The number of carbonyl (C=O) groups excluding carboxylic acids is 1. The van der Waals surface area contributed by atoms with Gasteiger partial charge in [0.2, 0.25) is 0 Å². The van der Waals surface area contributed by atoms with Crippen LogP contribution in [0.1, 0.15) is 11.1 Å². The molecular formula is C16H18N2O5S. The summed E-state index contributed by atoms with van der Waals surface area (Å²) in [6.07, 6.45) is -0.640. The lowest BCUT2D eigenvalue weighted by atomic mass is 10.1. The molecule has 0 unspecified atom stereocenters. The lowest BCUT2D eigenvalue weighted by molar-refractivity contribution is 0.187. The van der Waals surface area contributed by atoms with Gasteiger partial charge in [0, 0.05) is 5.69 Å². The van der Waals surface area contributed by atoms with E-state index in [9.17, 15) is 18.3 Å². The SMILES string of the molecule is COC(=O)Nc1ccc(S(=O)(=O)Nc2ccc(O)c(C)c2C)cc1. The van der Waals surface area contributed by atoms with Crippen LogP contribution in [0.2, 0.25) is 0 Å². The summed E-state index contributed by atoms with van der Waals surface area (Å²) in [5.41, 5.74) is 2.05. The largest absolute Gasteiger partial charge is 0.508 e. The van der Waals surface area contributed by atoms with Crippen LogP contribution in [-0.2, 0) is 14.8 Å². The van der Waals surface area contributed by atoms with Gasteiger partial charge in [-0.15, -0.1) is 0 Å². The number of phenolic OH excluding ortho intramolecular Hbond substituents is 1. The Morgan fingerprint density at radius 2 is 1.67 bits per heavy atom. The highest BCUT2D eigenvalue weighted by Gasteiger charge is 2.16. The zero-order valence-corrected chi connectivity index (χ0v) is 14.3. The summed E-state index contributed by atoms with van der Waals surface area (Å²) in [5, 5.41) is 12.1. The molecular weight excluding hydrogens is 332 g/mol. The fourth-order valence-electron chi connectivity index (χ4n) is 2.01. The van der Waals surface area contributed by atoms with Crippen LogP contribution >= 0.6 is 0 Å². The molecule has 0 aliphatic heterocycles. The van der Waals surface area contributed by atoms with Gasteiger partial charge >= 0.3 is 6.09 Å². The zero-order valence-electron chi connectivity index (χ0n) is 13.5. The van der Waals surface area contributed by atoms with Crippen molar-refractivity contribution < 1.29 is 23.1 Å². The van der Waals surface area contributed by atoms with E-state index < -0.39 is 16.1 Å². The Morgan fingerprint density at radius 3 is 2.25 bits per heavy atom. The van der Waals surface area contributed by atoms with Gasteiger partial charge in [-0.2, -0.15) is 0 Å². The normalized spacial score (nSPS) is 11.0. The number of rotatable bonds is 4. The Balaban J connectivity index is 2.25. The minimum absolute atomic E-state index is 0.0445. The van der Waals surface area contributed by atoms with E-state index in [-0.39, 0.29) is 10.6 Å². The summed E-state index contributed by atoms with van der Waals surface area (Å²) < 4.78 is 31.9. The standard InChI is InChI=1S/C16H18N2O5S/c1-10-11(2)15(19)9-8-14(10)18-24(21,22)13-6-4-12(5-7-13)17-16(20)23-3/h4-9,18-19H,1-3H3,(H,17,20). The van der Waals surface area contributed by atoms with Crippen molar-refractivity contribution in [2.24, 2.45) is 0 Å². The molecule has 2 aromatic rings. The van der Waals surface area contributed by atoms with Crippen molar-refractivity contribution >= 4 is 27.5 Å². The summed E-state index contributed by atoms with van der Waals surface area (Å²) in [4.78, 5) is 11.2. The Bertz CT molecular complexity index is 861. The second-order valence-corrected chi connectivity index (χ2v) is 6.81. The van der Waals surface area contributed by atoms with Crippen LogP contribution in [0.4, 0.5) is 16.2 Å². The van der Waals surface area contributed by atoms with E-state index >= 15 is 0 Å². The fourth-order valence-corrected chi connectivity index (χ4v) is 3.13. The van der Waals surface area contributed by atoms with E-state index in [4.69, 9.17) is 0 Å². The predicted octanol–water partition coefficient (Wildman–Crippen LogP) is 2.99. The number of benzene rings is 2. The molecule has 0 heterocycles. The van der Waals surface area contributed by atoms with Crippen LogP contribution in [0, 0.1) is 13.8 Å². The topological polar surface area (TPSA) is 105 Å². The molecule has 0 atom stereocenters. The van der Waals surface area contributed by atoms with Crippen molar-refractivity contribution in [3.63, 3.8) is 0 Å². The first kappa shape index (κ1) is 17.6. The zero-order chi connectivity index (χ0) is 17.9. The van der Waals surface area contributed by atoms with Crippen LogP contribution in [-0.4, -0.2) is 26.7 Å².